The normalized spacial score (nSPS) is 16.4. The van der Waals surface area contributed by atoms with Crippen molar-refractivity contribution in [1.29, 1.82) is 0 Å². The van der Waals surface area contributed by atoms with Gasteiger partial charge in [-0.3, -0.25) is 0 Å². The fraction of sp³-hybridized carbons (Fsp3) is 1.00. The monoisotopic (exact) mass is 156 g/mol. The molecule has 0 N–H and O–H groups in total. The van der Waals surface area contributed by atoms with Crippen molar-refractivity contribution in [3.8, 4) is 0 Å². The standard InChI is InChI=1S/C11H24/c1-5-7-8-9-11(4)10(3)6-2/h10-11H,5-9H2,1-4H3/t10-,11+/m1/s1. The zero-order valence-corrected chi connectivity index (χ0v) is 8.69. The van der Waals surface area contributed by atoms with Crippen LogP contribution in [0.3, 0.4) is 0 Å². The molecule has 0 heterocycles. The number of rotatable bonds is 6. The van der Waals surface area contributed by atoms with E-state index in [1.165, 1.54) is 32.1 Å². The van der Waals surface area contributed by atoms with E-state index in [-0.39, 0.29) is 0 Å². The maximum atomic E-state index is 2.39. The Kier molecular flexibility index (Phi) is 6.69. The van der Waals surface area contributed by atoms with Crippen molar-refractivity contribution >= 4 is 0 Å². The maximum absolute atomic E-state index is 2.39. The summed E-state index contributed by atoms with van der Waals surface area (Å²) in [4.78, 5) is 0. The van der Waals surface area contributed by atoms with E-state index in [0.29, 0.717) is 0 Å². The summed E-state index contributed by atoms with van der Waals surface area (Å²) < 4.78 is 0. The first-order valence-electron chi connectivity index (χ1n) is 5.22. The number of hydrogen-bond acceptors (Lipinski definition) is 0. The van der Waals surface area contributed by atoms with Crippen LogP contribution in [0.2, 0.25) is 0 Å². The van der Waals surface area contributed by atoms with E-state index in [0.717, 1.165) is 11.8 Å². The molecule has 0 fully saturated rings. The molecule has 0 aliphatic rings. The first-order valence-corrected chi connectivity index (χ1v) is 5.22. The van der Waals surface area contributed by atoms with Gasteiger partial charge in [-0.1, -0.05) is 59.8 Å². The molecule has 0 amide bonds. The second kappa shape index (κ2) is 6.69. The Bertz CT molecular complexity index is 76.1. The summed E-state index contributed by atoms with van der Waals surface area (Å²) in [5.41, 5.74) is 0. The lowest BCUT2D eigenvalue weighted by Crippen LogP contribution is -2.06. The highest BCUT2D eigenvalue weighted by molar-refractivity contribution is 4.59. The molecule has 0 aromatic rings. The van der Waals surface area contributed by atoms with Crippen molar-refractivity contribution in [2.75, 3.05) is 0 Å². The molecule has 0 saturated heterocycles. The van der Waals surface area contributed by atoms with Crippen LogP contribution < -0.4 is 0 Å². The third kappa shape index (κ3) is 5.29. The second-order valence-corrected chi connectivity index (χ2v) is 3.86. The zero-order valence-electron chi connectivity index (χ0n) is 8.69. The van der Waals surface area contributed by atoms with Gasteiger partial charge in [0.15, 0.2) is 0 Å². The Hall–Kier alpha value is 0. The van der Waals surface area contributed by atoms with Crippen molar-refractivity contribution in [3.05, 3.63) is 0 Å². The van der Waals surface area contributed by atoms with Gasteiger partial charge in [-0.25, -0.2) is 0 Å². The molecule has 0 bridgehead atoms. The SMILES string of the molecule is CCCCC[C@H](C)[C@H](C)CC. The molecule has 0 saturated carbocycles. The number of hydrogen-bond donors (Lipinski definition) is 0. The molecule has 0 heteroatoms. The third-order valence-corrected chi connectivity index (χ3v) is 2.88. The van der Waals surface area contributed by atoms with Crippen LogP contribution in [0.1, 0.15) is 59.8 Å². The van der Waals surface area contributed by atoms with Gasteiger partial charge in [0.1, 0.15) is 0 Å². The van der Waals surface area contributed by atoms with Crippen LogP contribution in [0.25, 0.3) is 0 Å². The van der Waals surface area contributed by atoms with Crippen LogP contribution >= 0.6 is 0 Å². The summed E-state index contributed by atoms with van der Waals surface area (Å²) in [7, 11) is 0. The van der Waals surface area contributed by atoms with E-state index in [4.69, 9.17) is 0 Å². The molecule has 11 heavy (non-hydrogen) atoms. The molecule has 0 aromatic heterocycles. The Morgan fingerprint density at radius 1 is 0.909 bits per heavy atom. The summed E-state index contributed by atoms with van der Waals surface area (Å²) in [5.74, 6) is 1.86. The summed E-state index contributed by atoms with van der Waals surface area (Å²) in [6.07, 6.45) is 6.98. The summed E-state index contributed by atoms with van der Waals surface area (Å²) in [6.45, 7) is 9.33. The molecular weight excluding hydrogens is 132 g/mol. The predicted octanol–water partition coefficient (Wildman–Crippen LogP) is 4.25. The highest BCUT2D eigenvalue weighted by Crippen LogP contribution is 2.20. The predicted molar refractivity (Wildman–Crippen MR) is 52.8 cm³/mol. The molecule has 0 nitrogen and oxygen atoms in total. The van der Waals surface area contributed by atoms with Gasteiger partial charge in [0.25, 0.3) is 0 Å². The molecule has 0 rings (SSSR count). The zero-order chi connectivity index (χ0) is 8.69. The van der Waals surface area contributed by atoms with Crippen LogP contribution in [0.15, 0.2) is 0 Å². The van der Waals surface area contributed by atoms with Crippen LogP contribution in [-0.2, 0) is 0 Å². The Balaban J connectivity index is 3.28. The van der Waals surface area contributed by atoms with Crippen LogP contribution in [0, 0.1) is 11.8 Å². The van der Waals surface area contributed by atoms with Gasteiger partial charge in [-0.2, -0.15) is 0 Å². The lowest BCUT2D eigenvalue weighted by molar-refractivity contribution is 0.344. The third-order valence-electron chi connectivity index (χ3n) is 2.88. The van der Waals surface area contributed by atoms with Gasteiger partial charge in [0.2, 0.25) is 0 Å². The minimum absolute atomic E-state index is 0.923. The van der Waals surface area contributed by atoms with E-state index < -0.39 is 0 Å². The highest BCUT2D eigenvalue weighted by Gasteiger charge is 2.08. The van der Waals surface area contributed by atoms with E-state index >= 15 is 0 Å². The van der Waals surface area contributed by atoms with Crippen molar-refractivity contribution in [2.24, 2.45) is 11.8 Å². The number of unbranched alkanes of at least 4 members (excludes halogenated alkanes) is 2. The first kappa shape index (κ1) is 11.0. The topological polar surface area (TPSA) is 0 Å². The average molecular weight is 156 g/mol. The molecule has 0 unspecified atom stereocenters. The molecule has 68 valence electrons. The smallest absolute Gasteiger partial charge is 0.0417 e. The minimum atomic E-state index is 0.923. The van der Waals surface area contributed by atoms with E-state index in [2.05, 4.69) is 27.7 Å². The van der Waals surface area contributed by atoms with Crippen molar-refractivity contribution in [2.45, 2.75) is 59.8 Å². The fourth-order valence-corrected chi connectivity index (χ4v) is 1.40. The Morgan fingerprint density at radius 2 is 1.55 bits per heavy atom. The van der Waals surface area contributed by atoms with Gasteiger partial charge < -0.3 is 0 Å². The van der Waals surface area contributed by atoms with Gasteiger partial charge >= 0.3 is 0 Å². The van der Waals surface area contributed by atoms with E-state index in [9.17, 15) is 0 Å². The van der Waals surface area contributed by atoms with Gasteiger partial charge in [-0.15, -0.1) is 0 Å². The van der Waals surface area contributed by atoms with Gasteiger partial charge in [-0.05, 0) is 11.8 Å². The van der Waals surface area contributed by atoms with Crippen molar-refractivity contribution in [1.82, 2.24) is 0 Å². The highest BCUT2D eigenvalue weighted by atomic mass is 14.1. The maximum Gasteiger partial charge on any atom is -0.0417 e. The average Bonchev–Trinajstić information content (AvgIpc) is 2.03. The first-order chi connectivity index (χ1) is 5.22. The summed E-state index contributed by atoms with van der Waals surface area (Å²) in [5, 5.41) is 0. The van der Waals surface area contributed by atoms with E-state index in [1.54, 1.807) is 0 Å². The lowest BCUT2D eigenvalue weighted by atomic mass is 9.89. The summed E-state index contributed by atoms with van der Waals surface area (Å²) >= 11 is 0. The Labute approximate surface area is 72.4 Å². The van der Waals surface area contributed by atoms with Crippen molar-refractivity contribution < 1.29 is 0 Å². The van der Waals surface area contributed by atoms with Crippen LogP contribution in [-0.4, -0.2) is 0 Å². The van der Waals surface area contributed by atoms with E-state index in [1.807, 2.05) is 0 Å². The molecule has 0 aromatic carbocycles. The largest absolute Gasteiger partial charge is 0.0654 e. The van der Waals surface area contributed by atoms with Crippen molar-refractivity contribution in [3.63, 3.8) is 0 Å². The minimum Gasteiger partial charge on any atom is -0.0654 e. The molecule has 0 aliphatic carbocycles. The Morgan fingerprint density at radius 3 is 2.00 bits per heavy atom. The molecular formula is C11H24. The lowest BCUT2D eigenvalue weighted by Gasteiger charge is -2.17. The summed E-state index contributed by atoms with van der Waals surface area (Å²) in [6, 6.07) is 0. The fourth-order valence-electron chi connectivity index (χ4n) is 1.40. The van der Waals surface area contributed by atoms with Gasteiger partial charge in [0, 0.05) is 0 Å². The molecule has 2 atom stereocenters. The molecule has 0 spiro atoms. The molecule has 0 radical (unpaired) electrons. The quantitative estimate of drug-likeness (QED) is 0.504. The van der Waals surface area contributed by atoms with Gasteiger partial charge in [0.05, 0.1) is 0 Å². The second-order valence-electron chi connectivity index (χ2n) is 3.86. The van der Waals surface area contributed by atoms with Crippen LogP contribution in [0.5, 0.6) is 0 Å². The molecule has 0 aliphatic heterocycles. The van der Waals surface area contributed by atoms with Crippen LogP contribution in [0.4, 0.5) is 0 Å².